The lowest BCUT2D eigenvalue weighted by atomic mass is 10.0. The van der Waals surface area contributed by atoms with Gasteiger partial charge in [0.1, 0.15) is 0 Å². The molecule has 102 valence electrons. The minimum absolute atomic E-state index is 0.0905. The van der Waals surface area contributed by atoms with Crippen molar-refractivity contribution in [2.45, 2.75) is 33.2 Å². The van der Waals surface area contributed by atoms with Gasteiger partial charge in [-0.1, -0.05) is 20.8 Å². The molecule has 0 fully saturated rings. The number of hydrogen-bond donors (Lipinski definition) is 2. The number of nitrogens with two attached hydrogens (primary N) is 1. The Bertz CT molecular complexity index is 219. The van der Waals surface area contributed by atoms with Crippen LogP contribution >= 0.6 is 0 Å². The summed E-state index contributed by atoms with van der Waals surface area (Å²) in [6.07, 6.45) is 1.04. The summed E-state index contributed by atoms with van der Waals surface area (Å²) in [5.41, 5.74) is 2.28. The summed E-state index contributed by atoms with van der Waals surface area (Å²) < 4.78 is 0. The Kier molecular flexibility index (Phi) is 8.12. The number of nitrogens with zero attached hydrogens (tertiary/aromatic N) is 2. The largest absolute Gasteiger partial charge is 0.308 e. The van der Waals surface area contributed by atoms with Crippen LogP contribution in [-0.2, 0) is 4.79 Å². The quantitative estimate of drug-likeness (QED) is 0.366. The highest BCUT2D eigenvalue weighted by molar-refractivity contribution is 5.81. The summed E-state index contributed by atoms with van der Waals surface area (Å²) in [5, 5.41) is 0. The van der Waals surface area contributed by atoms with Crippen molar-refractivity contribution < 1.29 is 4.79 Å². The number of likely N-dealkylation sites (N-methyl/N-ethyl adjacent to an activating group) is 1. The van der Waals surface area contributed by atoms with Gasteiger partial charge >= 0.3 is 0 Å². The van der Waals surface area contributed by atoms with Crippen LogP contribution in [0.5, 0.6) is 0 Å². The molecule has 17 heavy (non-hydrogen) atoms. The van der Waals surface area contributed by atoms with Gasteiger partial charge in [0, 0.05) is 13.1 Å². The molecule has 0 aliphatic carbocycles. The molecular formula is C12H28N4O. The number of rotatable bonds is 8. The van der Waals surface area contributed by atoms with Gasteiger partial charge in [-0.2, -0.15) is 0 Å². The topological polar surface area (TPSA) is 61.6 Å². The van der Waals surface area contributed by atoms with Gasteiger partial charge in [0.25, 0.3) is 5.91 Å². The first kappa shape index (κ1) is 16.4. The van der Waals surface area contributed by atoms with Gasteiger partial charge in [-0.3, -0.25) is 15.1 Å². The first-order valence-corrected chi connectivity index (χ1v) is 6.33. The summed E-state index contributed by atoms with van der Waals surface area (Å²) in [6.45, 7) is 8.99. The minimum atomic E-state index is -0.139. The van der Waals surface area contributed by atoms with Crippen LogP contribution < -0.4 is 11.3 Å². The van der Waals surface area contributed by atoms with Gasteiger partial charge in [-0.25, -0.2) is 5.84 Å². The van der Waals surface area contributed by atoms with Crippen LogP contribution in [0.3, 0.4) is 0 Å². The van der Waals surface area contributed by atoms with Crippen molar-refractivity contribution in [3.63, 3.8) is 0 Å². The third kappa shape index (κ3) is 6.00. The fourth-order valence-electron chi connectivity index (χ4n) is 1.98. The number of amides is 1. The van der Waals surface area contributed by atoms with E-state index in [0.29, 0.717) is 0 Å². The Balaban J connectivity index is 4.64. The number of nitrogens with one attached hydrogen (secondary N) is 1. The highest BCUT2D eigenvalue weighted by atomic mass is 16.2. The third-order valence-electron chi connectivity index (χ3n) is 2.78. The van der Waals surface area contributed by atoms with Crippen LogP contribution in [0.1, 0.15) is 27.2 Å². The van der Waals surface area contributed by atoms with Crippen LogP contribution in [0.15, 0.2) is 0 Å². The van der Waals surface area contributed by atoms with E-state index in [0.717, 1.165) is 26.1 Å². The van der Waals surface area contributed by atoms with E-state index in [4.69, 9.17) is 5.84 Å². The maximum absolute atomic E-state index is 11.8. The van der Waals surface area contributed by atoms with E-state index in [-0.39, 0.29) is 17.9 Å². The zero-order chi connectivity index (χ0) is 13.4. The summed E-state index contributed by atoms with van der Waals surface area (Å²) in [6, 6.07) is -0.139. The molecule has 1 atom stereocenters. The average Bonchev–Trinajstić information content (AvgIpc) is 2.25. The van der Waals surface area contributed by atoms with E-state index in [1.807, 2.05) is 14.1 Å². The van der Waals surface area contributed by atoms with E-state index in [1.54, 1.807) is 0 Å². The van der Waals surface area contributed by atoms with Crippen molar-refractivity contribution in [3.05, 3.63) is 0 Å². The molecule has 0 heterocycles. The SMILES string of the molecule is CCCN(CCN(C)C)C(C(=O)NN)C(C)C. The molecule has 5 nitrogen and oxygen atoms in total. The first-order valence-electron chi connectivity index (χ1n) is 6.33. The average molecular weight is 244 g/mol. The fourth-order valence-corrected chi connectivity index (χ4v) is 1.98. The van der Waals surface area contributed by atoms with Crippen LogP contribution in [-0.4, -0.2) is 55.5 Å². The van der Waals surface area contributed by atoms with Crippen molar-refractivity contribution in [3.8, 4) is 0 Å². The smallest absolute Gasteiger partial charge is 0.251 e. The Morgan fingerprint density at radius 2 is 1.82 bits per heavy atom. The zero-order valence-electron chi connectivity index (χ0n) is 11.9. The number of carbonyl (C=O) groups is 1. The van der Waals surface area contributed by atoms with Gasteiger partial charge in [0.2, 0.25) is 0 Å². The van der Waals surface area contributed by atoms with Crippen LogP contribution in [0.4, 0.5) is 0 Å². The van der Waals surface area contributed by atoms with Gasteiger partial charge in [0.15, 0.2) is 0 Å². The molecule has 0 aliphatic rings. The number of hydrogen-bond acceptors (Lipinski definition) is 4. The lowest BCUT2D eigenvalue weighted by Crippen LogP contribution is -2.53. The van der Waals surface area contributed by atoms with Gasteiger partial charge in [-0.15, -0.1) is 0 Å². The Morgan fingerprint density at radius 1 is 1.24 bits per heavy atom. The first-order chi connectivity index (χ1) is 7.93. The second-order valence-electron chi connectivity index (χ2n) is 5.04. The predicted molar refractivity (Wildman–Crippen MR) is 71.4 cm³/mol. The van der Waals surface area contributed by atoms with Crippen molar-refractivity contribution in [2.75, 3.05) is 33.7 Å². The molecule has 0 spiro atoms. The van der Waals surface area contributed by atoms with E-state index >= 15 is 0 Å². The monoisotopic (exact) mass is 244 g/mol. The Hall–Kier alpha value is -0.650. The van der Waals surface area contributed by atoms with E-state index in [1.165, 1.54) is 0 Å². The van der Waals surface area contributed by atoms with Crippen LogP contribution in [0, 0.1) is 5.92 Å². The van der Waals surface area contributed by atoms with Crippen LogP contribution in [0.25, 0.3) is 0 Å². The summed E-state index contributed by atoms with van der Waals surface area (Å²) in [4.78, 5) is 16.2. The molecule has 1 amide bonds. The lowest BCUT2D eigenvalue weighted by Gasteiger charge is -2.33. The van der Waals surface area contributed by atoms with Crippen molar-refractivity contribution in [2.24, 2.45) is 11.8 Å². The summed E-state index contributed by atoms with van der Waals surface area (Å²) >= 11 is 0. The molecule has 3 N–H and O–H groups in total. The number of carbonyl (C=O) groups excluding carboxylic acids is 1. The standard InChI is InChI=1S/C12H28N4O/c1-6-7-16(9-8-15(4)5)11(10(2)3)12(17)14-13/h10-11H,6-9,13H2,1-5H3,(H,14,17). The molecule has 5 heteroatoms. The number of hydrazine groups is 1. The lowest BCUT2D eigenvalue weighted by molar-refractivity contribution is -0.128. The van der Waals surface area contributed by atoms with E-state index in [2.05, 4.69) is 36.0 Å². The van der Waals surface area contributed by atoms with E-state index < -0.39 is 0 Å². The van der Waals surface area contributed by atoms with Gasteiger partial charge in [0.05, 0.1) is 6.04 Å². The molecule has 0 bridgehead atoms. The minimum Gasteiger partial charge on any atom is -0.308 e. The zero-order valence-corrected chi connectivity index (χ0v) is 11.9. The molecule has 0 rings (SSSR count). The molecule has 0 aromatic rings. The van der Waals surface area contributed by atoms with Crippen LogP contribution in [0.2, 0.25) is 0 Å². The fraction of sp³-hybridized carbons (Fsp3) is 0.917. The predicted octanol–water partition coefficient (Wildman–Crippen LogP) is 0.275. The molecular weight excluding hydrogens is 216 g/mol. The maximum atomic E-state index is 11.8. The summed E-state index contributed by atoms with van der Waals surface area (Å²) in [7, 11) is 4.08. The van der Waals surface area contributed by atoms with Crippen molar-refractivity contribution in [1.29, 1.82) is 0 Å². The molecule has 0 aromatic carbocycles. The third-order valence-corrected chi connectivity index (χ3v) is 2.78. The molecule has 0 saturated carbocycles. The highest BCUT2D eigenvalue weighted by Crippen LogP contribution is 2.11. The highest BCUT2D eigenvalue weighted by Gasteiger charge is 2.27. The Labute approximate surface area is 105 Å². The van der Waals surface area contributed by atoms with Gasteiger partial charge in [-0.05, 0) is 33.0 Å². The maximum Gasteiger partial charge on any atom is 0.251 e. The molecule has 0 radical (unpaired) electrons. The van der Waals surface area contributed by atoms with Crippen molar-refractivity contribution >= 4 is 5.91 Å². The summed E-state index contributed by atoms with van der Waals surface area (Å²) in [5.74, 6) is 5.43. The molecule has 0 saturated heterocycles. The van der Waals surface area contributed by atoms with E-state index in [9.17, 15) is 4.79 Å². The van der Waals surface area contributed by atoms with Gasteiger partial charge < -0.3 is 4.90 Å². The Morgan fingerprint density at radius 3 is 2.18 bits per heavy atom. The normalized spacial score (nSPS) is 13.5. The molecule has 0 aliphatic heterocycles. The molecule has 0 aromatic heterocycles. The second-order valence-corrected chi connectivity index (χ2v) is 5.04. The molecule has 1 unspecified atom stereocenters. The van der Waals surface area contributed by atoms with Crippen molar-refractivity contribution in [1.82, 2.24) is 15.2 Å². The second kappa shape index (κ2) is 8.44.